The van der Waals surface area contributed by atoms with Crippen LogP contribution in [-0.4, -0.2) is 49.3 Å². The lowest BCUT2D eigenvalue weighted by Gasteiger charge is -2.35. The van der Waals surface area contributed by atoms with E-state index in [4.69, 9.17) is 5.73 Å². The van der Waals surface area contributed by atoms with Crippen molar-refractivity contribution in [1.29, 1.82) is 0 Å². The highest BCUT2D eigenvalue weighted by Gasteiger charge is 2.23. The molecule has 1 heterocycles. The summed E-state index contributed by atoms with van der Waals surface area (Å²) >= 11 is 0. The van der Waals surface area contributed by atoms with E-state index in [0.29, 0.717) is 5.69 Å². The normalized spacial score (nSPS) is 20.1. The molecule has 4 nitrogen and oxygen atoms in total. The highest BCUT2D eigenvalue weighted by atomic mass is 16.1. The van der Waals surface area contributed by atoms with E-state index in [1.54, 1.807) is 0 Å². The number of nitrogens with two attached hydrogens (primary N) is 1. The molecule has 0 radical (unpaired) electrons. The van der Waals surface area contributed by atoms with Crippen molar-refractivity contribution in [3.8, 4) is 0 Å². The second-order valence-electron chi connectivity index (χ2n) is 4.59. The van der Waals surface area contributed by atoms with Gasteiger partial charge >= 0.3 is 0 Å². The van der Waals surface area contributed by atoms with Crippen LogP contribution in [0, 0.1) is 0 Å². The minimum Gasteiger partial charge on any atom is -0.399 e. The standard InChI is InChI=1S/C13H19N3O/c1-15-5-7-16(8-6-15)13(10-17)11-3-2-4-12(14)9-11/h2-4,9-10,13H,5-8,14H2,1H3/t13-/m1/s1. The van der Waals surface area contributed by atoms with E-state index in [9.17, 15) is 4.79 Å². The number of hydrogen-bond acceptors (Lipinski definition) is 4. The summed E-state index contributed by atoms with van der Waals surface area (Å²) in [4.78, 5) is 15.8. The number of carbonyl (C=O) groups excluding carboxylic acids is 1. The Morgan fingerprint density at radius 1 is 1.29 bits per heavy atom. The fraction of sp³-hybridized carbons (Fsp3) is 0.462. The molecule has 1 atom stereocenters. The molecule has 0 aliphatic carbocycles. The van der Waals surface area contributed by atoms with Crippen LogP contribution in [0.15, 0.2) is 24.3 Å². The van der Waals surface area contributed by atoms with Crippen LogP contribution in [0.3, 0.4) is 0 Å². The quantitative estimate of drug-likeness (QED) is 0.618. The molecule has 1 aromatic carbocycles. The first-order chi connectivity index (χ1) is 8.20. The molecule has 1 aromatic rings. The summed E-state index contributed by atoms with van der Waals surface area (Å²) in [5.41, 5.74) is 7.46. The maximum absolute atomic E-state index is 11.3. The Balaban J connectivity index is 2.13. The lowest BCUT2D eigenvalue weighted by molar-refractivity contribution is -0.113. The lowest BCUT2D eigenvalue weighted by atomic mass is 10.0. The zero-order valence-corrected chi connectivity index (χ0v) is 10.2. The third-order valence-corrected chi connectivity index (χ3v) is 3.31. The number of anilines is 1. The van der Waals surface area contributed by atoms with E-state index in [1.807, 2.05) is 24.3 Å². The van der Waals surface area contributed by atoms with Gasteiger partial charge in [0.15, 0.2) is 0 Å². The molecule has 1 fully saturated rings. The SMILES string of the molecule is CN1CCN([C@H](C=O)c2cccc(N)c2)CC1. The van der Waals surface area contributed by atoms with E-state index in [2.05, 4.69) is 16.8 Å². The Labute approximate surface area is 102 Å². The van der Waals surface area contributed by atoms with E-state index in [-0.39, 0.29) is 6.04 Å². The van der Waals surface area contributed by atoms with Gasteiger partial charge in [0.2, 0.25) is 0 Å². The van der Waals surface area contributed by atoms with Crippen molar-refractivity contribution < 1.29 is 4.79 Å². The molecule has 2 N–H and O–H groups in total. The van der Waals surface area contributed by atoms with Crippen LogP contribution >= 0.6 is 0 Å². The zero-order chi connectivity index (χ0) is 12.3. The Morgan fingerprint density at radius 3 is 2.59 bits per heavy atom. The number of piperazine rings is 1. The van der Waals surface area contributed by atoms with Crippen molar-refractivity contribution >= 4 is 12.0 Å². The van der Waals surface area contributed by atoms with Gasteiger partial charge in [-0.15, -0.1) is 0 Å². The summed E-state index contributed by atoms with van der Waals surface area (Å²) in [6.07, 6.45) is 1.01. The number of aldehydes is 1. The fourth-order valence-corrected chi connectivity index (χ4v) is 2.22. The van der Waals surface area contributed by atoms with Gasteiger partial charge in [-0.1, -0.05) is 12.1 Å². The Hall–Kier alpha value is -1.39. The topological polar surface area (TPSA) is 49.6 Å². The van der Waals surface area contributed by atoms with Crippen LogP contribution in [-0.2, 0) is 4.79 Å². The number of carbonyl (C=O) groups is 1. The van der Waals surface area contributed by atoms with Crippen LogP contribution < -0.4 is 5.73 Å². The number of hydrogen-bond donors (Lipinski definition) is 1. The number of nitrogen functional groups attached to an aromatic ring is 1. The van der Waals surface area contributed by atoms with Gasteiger partial charge in [0, 0.05) is 31.9 Å². The first-order valence-electron chi connectivity index (χ1n) is 5.94. The number of rotatable bonds is 3. The van der Waals surface area contributed by atoms with Gasteiger partial charge in [-0.05, 0) is 24.7 Å². The molecular formula is C13H19N3O. The molecule has 2 rings (SSSR count). The Kier molecular flexibility index (Phi) is 3.76. The van der Waals surface area contributed by atoms with E-state index < -0.39 is 0 Å². The second kappa shape index (κ2) is 5.29. The van der Waals surface area contributed by atoms with E-state index >= 15 is 0 Å². The maximum Gasteiger partial charge on any atom is 0.141 e. The molecule has 0 saturated carbocycles. The smallest absolute Gasteiger partial charge is 0.141 e. The van der Waals surface area contributed by atoms with Crippen molar-refractivity contribution in [3.63, 3.8) is 0 Å². The summed E-state index contributed by atoms with van der Waals surface area (Å²) in [6, 6.07) is 7.43. The molecule has 4 heteroatoms. The van der Waals surface area contributed by atoms with Gasteiger partial charge in [0.1, 0.15) is 6.29 Å². The fourth-order valence-electron chi connectivity index (χ4n) is 2.22. The third-order valence-electron chi connectivity index (χ3n) is 3.31. The van der Waals surface area contributed by atoms with Gasteiger partial charge in [-0.2, -0.15) is 0 Å². The summed E-state index contributed by atoms with van der Waals surface area (Å²) < 4.78 is 0. The van der Waals surface area contributed by atoms with Crippen LogP contribution in [0.2, 0.25) is 0 Å². The summed E-state index contributed by atoms with van der Waals surface area (Å²) in [5.74, 6) is 0. The van der Waals surface area contributed by atoms with Crippen molar-refractivity contribution in [2.45, 2.75) is 6.04 Å². The molecule has 17 heavy (non-hydrogen) atoms. The predicted molar refractivity (Wildman–Crippen MR) is 68.7 cm³/mol. The highest BCUT2D eigenvalue weighted by molar-refractivity contribution is 5.63. The van der Waals surface area contributed by atoms with Gasteiger partial charge in [0.05, 0.1) is 6.04 Å². The summed E-state index contributed by atoms with van der Waals surface area (Å²) in [7, 11) is 2.10. The van der Waals surface area contributed by atoms with E-state index in [0.717, 1.165) is 38.0 Å². The molecule has 92 valence electrons. The second-order valence-corrected chi connectivity index (χ2v) is 4.59. The van der Waals surface area contributed by atoms with Crippen LogP contribution in [0.5, 0.6) is 0 Å². The lowest BCUT2D eigenvalue weighted by Crippen LogP contribution is -2.46. The maximum atomic E-state index is 11.3. The minimum atomic E-state index is -0.160. The largest absolute Gasteiger partial charge is 0.399 e. The first kappa shape index (κ1) is 12.1. The van der Waals surface area contributed by atoms with Gasteiger partial charge in [-0.3, -0.25) is 4.90 Å². The zero-order valence-electron chi connectivity index (χ0n) is 10.2. The molecule has 0 unspecified atom stereocenters. The Morgan fingerprint density at radius 2 is 2.00 bits per heavy atom. The minimum absolute atomic E-state index is 0.160. The van der Waals surface area contributed by atoms with Crippen LogP contribution in [0.25, 0.3) is 0 Å². The molecule has 0 bridgehead atoms. The molecule has 0 spiro atoms. The monoisotopic (exact) mass is 233 g/mol. The summed E-state index contributed by atoms with van der Waals surface area (Å²) in [6.45, 7) is 3.86. The molecule has 1 saturated heterocycles. The van der Waals surface area contributed by atoms with Crippen LogP contribution in [0.4, 0.5) is 5.69 Å². The van der Waals surface area contributed by atoms with Crippen molar-refractivity contribution in [2.24, 2.45) is 0 Å². The average molecular weight is 233 g/mol. The Bertz CT molecular complexity index is 386. The van der Waals surface area contributed by atoms with Gasteiger partial charge in [0.25, 0.3) is 0 Å². The number of benzene rings is 1. The third kappa shape index (κ3) is 2.84. The molecule has 0 amide bonds. The van der Waals surface area contributed by atoms with Crippen molar-refractivity contribution in [3.05, 3.63) is 29.8 Å². The van der Waals surface area contributed by atoms with Crippen molar-refractivity contribution in [1.82, 2.24) is 9.80 Å². The van der Waals surface area contributed by atoms with Crippen molar-refractivity contribution in [2.75, 3.05) is 39.0 Å². The summed E-state index contributed by atoms with van der Waals surface area (Å²) in [5, 5.41) is 0. The van der Waals surface area contributed by atoms with Gasteiger partial charge < -0.3 is 15.4 Å². The molecular weight excluding hydrogens is 214 g/mol. The average Bonchev–Trinajstić information content (AvgIpc) is 2.33. The molecule has 0 aromatic heterocycles. The molecule has 1 aliphatic heterocycles. The van der Waals surface area contributed by atoms with Crippen LogP contribution in [0.1, 0.15) is 11.6 Å². The van der Waals surface area contributed by atoms with E-state index in [1.165, 1.54) is 0 Å². The first-order valence-corrected chi connectivity index (χ1v) is 5.94. The highest BCUT2D eigenvalue weighted by Crippen LogP contribution is 2.21. The van der Waals surface area contributed by atoms with Gasteiger partial charge in [-0.25, -0.2) is 0 Å². The number of likely N-dealkylation sites (N-methyl/N-ethyl adjacent to an activating group) is 1. The molecule has 1 aliphatic rings. The number of nitrogens with zero attached hydrogens (tertiary/aromatic N) is 2. The predicted octanol–water partition coefficient (Wildman–Crippen LogP) is 0.756.